The average molecular weight is 344 g/mol. The summed E-state index contributed by atoms with van der Waals surface area (Å²) in [6.45, 7) is 0.955. The maximum Gasteiger partial charge on any atom is 0.238 e. The molecule has 6 nitrogen and oxygen atoms in total. The molecule has 0 fully saturated rings. The molecule has 0 radical (unpaired) electrons. The molecule has 1 amide bonds. The van der Waals surface area contributed by atoms with Crippen LogP contribution in [0.3, 0.4) is 0 Å². The van der Waals surface area contributed by atoms with Crippen molar-refractivity contribution in [3.05, 3.63) is 48.0 Å². The fraction of sp³-hybridized carbons (Fsp3) is 0.316. The maximum absolute atomic E-state index is 12.1. The van der Waals surface area contributed by atoms with Crippen molar-refractivity contribution in [3.8, 4) is 17.2 Å². The van der Waals surface area contributed by atoms with E-state index in [9.17, 15) is 4.79 Å². The van der Waals surface area contributed by atoms with Crippen LogP contribution >= 0.6 is 0 Å². The molecule has 0 heterocycles. The Balaban J connectivity index is 1.87. The Morgan fingerprint density at radius 2 is 1.60 bits per heavy atom. The highest BCUT2D eigenvalue weighted by Gasteiger charge is 2.14. The fourth-order valence-corrected chi connectivity index (χ4v) is 2.44. The summed E-state index contributed by atoms with van der Waals surface area (Å²) in [5.74, 6) is 1.34. The van der Waals surface area contributed by atoms with Gasteiger partial charge in [0.25, 0.3) is 0 Å². The highest BCUT2D eigenvalue weighted by atomic mass is 16.5. The smallest absolute Gasteiger partial charge is 0.238 e. The standard InChI is InChI=1S/C19H24N2O4/c1-23-16-11-15(12-17(24-2)19(16)25-3)21-18(22)13-20-10-9-14-7-5-4-6-8-14/h4-8,11-12,20H,9-10,13H2,1-3H3,(H,21,22). The van der Waals surface area contributed by atoms with E-state index >= 15 is 0 Å². The molecule has 2 aromatic carbocycles. The van der Waals surface area contributed by atoms with Gasteiger partial charge in [-0.15, -0.1) is 0 Å². The summed E-state index contributed by atoms with van der Waals surface area (Å²) >= 11 is 0. The van der Waals surface area contributed by atoms with E-state index in [1.165, 1.54) is 26.9 Å². The van der Waals surface area contributed by atoms with Crippen molar-refractivity contribution < 1.29 is 19.0 Å². The van der Waals surface area contributed by atoms with Crippen LogP contribution < -0.4 is 24.8 Å². The number of benzene rings is 2. The van der Waals surface area contributed by atoms with Gasteiger partial charge in [-0.2, -0.15) is 0 Å². The van der Waals surface area contributed by atoms with Crippen LogP contribution in [0.25, 0.3) is 0 Å². The van der Waals surface area contributed by atoms with Gasteiger partial charge in [0.15, 0.2) is 11.5 Å². The summed E-state index contributed by atoms with van der Waals surface area (Å²) in [4.78, 5) is 12.1. The molecule has 0 bridgehead atoms. The molecule has 0 aliphatic heterocycles. The van der Waals surface area contributed by atoms with Crippen LogP contribution in [0.2, 0.25) is 0 Å². The topological polar surface area (TPSA) is 68.8 Å². The van der Waals surface area contributed by atoms with Crippen LogP contribution in [0.4, 0.5) is 5.69 Å². The van der Waals surface area contributed by atoms with E-state index in [0.717, 1.165) is 13.0 Å². The molecule has 2 rings (SSSR count). The van der Waals surface area contributed by atoms with Gasteiger partial charge in [-0.1, -0.05) is 30.3 Å². The van der Waals surface area contributed by atoms with Gasteiger partial charge < -0.3 is 24.8 Å². The summed E-state index contributed by atoms with van der Waals surface area (Å²) in [6, 6.07) is 13.5. The van der Waals surface area contributed by atoms with E-state index < -0.39 is 0 Å². The molecule has 0 saturated carbocycles. The molecule has 0 atom stereocenters. The van der Waals surface area contributed by atoms with Crippen molar-refractivity contribution in [2.45, 2.75) is 6.42 Å². The lowest BCUT2D eigenvalue weighted by atomic mass is 10.1. The van der Waals surface area contributed by atoms with Crippen molar-refractivity contribution in [1.29, 1.82) is 0 Å². The zero-order valence-corrected chi connectivity index (χ0v) is 14.8. The number of amides is 1. The first-order chi connectivity index (χ1) is 12.2. The molecule has 0 aliphatic carbocycles. The van der Waals surface area contributed by atoms with Gasteiger partial charge in [0.05, 0.1) is 27.9 Å². The van der Waals surface area contributed by atoms with E-state index in [0.29, 0.717) is 22.9 Å². The molecule has 0 unspecified atom stereocenters. The predicted octanol–water partition coefficient (Wildman–Crippen LogP) is 2.48. The summed E-state index contributed by atoms with van der Waals surface area (Å²) in [5, 5.41) is 5.96. The van der Waals surface area contributed by atoms with Gasteiger partial charge >= 0.3 is 0 Å². The van der Waals surface area contributed by atoms with E-state index in [1.807, 2.05) is 18.2 Å². The van der Waals surface area contributed by atoms with Crippen molar-refractivity contribution in [2.24, 2.45) is 0 Å². The van der Waals surface area contributed by atoms with Crippen LogP contribution in [0.1, 0.15) is 5.56 Å². The number of carbonyl (C=O) groups excluding carboxylic acids is 1. The third-order valence-electron chi connectivity index (χ3n) is 3.67. The molecule has 0 saturated heterocycles. The zero-order valence-electron chi connectivity index (χ0n) is 14.8. The Hall–Kier alpha value is -2.73. The van der Waals surface area contributed by atoms with Crippen LogP contribution in [0, 0.1) is 0 Å². The van der Waals surface area contributed by atoms with Crippen LogP contribution in [0.15, 0.2) is 42.5 Å². The third-order valence-corrected chi connectivity index (χ3v) is 3.67. The molecular formula is C19H24N2O4. The zero-order chi connectivity index (χ0) is 18.1. The number of rotatable bonds is 9. The molecule has 2 aromatic rings. The molecule has 134 valence electrons. The van der Waals surface area contributed by atoms with E-state index in [4.69, 9.17) is 14.2 Å². The van der Waals surface area contributed by atoms with Crippen LogP contribution in [-0.2, 0) is 11.2 Å². The van der Waals surface area contributed by atoms with Crippen molar-refractivity contribution in [1.82, 2.24) is 5.32 Å². The second kappa shape index (κ2) is 9.54. The number of hydrogen-bond donors (Lipinski definition) is 2. The first-order valence-corrected chi connectivity index (χ1v) is 8.02. The predicted molar refractivity (Wildman–Crippen MR) is 97.7 cm³/mol. The lowest BCUT2D eigenvalue weighted by molar-refractivity contribution is -0.115. The third kappa shape index (κ3) is 5.39. The summed E-state index contributed by atoms with van der Waals surface area (Å²) in [7, 11) is 4.61. The SMILES string of the molecule is COc1cc(NC(=O)CNCCc2ccccc2)cc(OC)c1OC. The van der Waals surface area contributed by atoms with E-state index in [-0.39, 0.29) is 12.5 Å². The Bertz CT molecular complexity index is 664. The van der Waals surface area contributed by atoms with Gasteiger partial charge in [0.1, 0.15) is 0 Å². The Morgan fingerprint density at radius 3 is 2.16 bits per heavy atom. The molecule has 0 aromatic heterocycles. The van der Waals surface area contributed by atoms with Crippen LogP contribution in [0.5, 0.6) is 17.2 Å². The van der Waals surface area contributed by atoms with Crippen molar-refractivity contribution in [3.63, 3.8) is 0 Å². The highest BCUT2D eigenvalue weighted by Crippen LogP contribution is 2.39. The van der Waals surface area contributed by atoms with Gasteiger partial charge in [0.2, 0.25) is 11.7 Å². The largest absolute Gasteiger partial charge is 0.493 e. The van der Waals surface area contributed by atoms with E-state index in [2.05, 4.69) is 22.8 Å². The second-order valence-corrected chi connectivity index (χ2v) is 5.37. The minimum absolute atomic E-state index is 0.137. The maximum atomic E-state index is 12.1. The molecule has 2 N–H and O–H groups in total. The monoisotopic (exact) mass is 344 g/mol. The van der Waals surface area contributed by atoms with Gasteiger partial charge in [-0.05, 0) is 18.5 Å². The molecule has 6 heteroatoms. The van der Waals surface area contributed by atoms with Gasteiger partial charge in [0, 0.05) is 17.8 Å². The summed E-state index contributed by atoms with van der Waals surface area (Å²) < 4.78 is 15.8. The number of carbonyl (C=O) groups is 1. The van der Waals surface area contributed by atoms with Crippen molar-refractivity contribution >= 4 is 11.6 Å². The van der Waals surface area contributed by atoms with Gasteiger partial charge in [-0.3, -0.25) is 4.79 Å². The molecular weight excluding hydrogens is 320 g/mol. The minimum atomic E-state index is -0.137. The molecule has 0 aliphatic rings. The number of anilines is 1. The first kappa shape index (κ1) is 18.6. The fourth-order valence-electron chi connectivity index (χ4n) is 2.44. The molecule has 25 heavy (non-hydrogen) atoms. The van der Waals surface area contributed by atoms with Gasteiger partial charge in [-0.25, -0.2) is 0 Å². The molecule has 0 spiro atoms. The quantitative estimate of drug-likeness (QED) is 0.684. The Morgan fingerprint density at radius 1 is 0.960 bits per heavy atom. The Labute approximate surface area is 148 Å². The van der Waals surface area contributed by atoms with Crippen LogP contribution in [-0.4, -0.2) is 40.3 Å². The Kier molecular flexibility index (Phi) is 7.10. The van der Waals surface area contributed by atoms with E-state index in [1.54, 1.807) is 12.1 Å². The lowest BCUT2D eigenvalue weighted by Crippen LogP contribution is -2.29. The lowest BCUT2D eigenvalue weighted by Gasteiger charge is -2.14. The normalized spacial score (nSPS) is 10.2. The second-order valence-electron chi connectivity index (χ2n) is 5.37. The number of nitrogens with one attached hydrogen (secondary N) is 2. The average Bonchev–Trinajstić information content (AvgIpc) is 2.65. The van der Waals surface area contributed by atoms with Crippen molar-refractivity contribution in [2.75, 3.05) is 39.7 Å². The summed E-state index contributed by atoms with van der Waals surface area (Å²) in [5.41, 5.74) is 1.82. The highest BCUT2D eigenvalue weighted by molar-refractivity contribution is 5.93. The summed E-state index contributed by atoms with van der Waals surface area (Å²) in [6.07, 6.45) is 0.873. The number of methoxy groups -OCH3 is 3. The first-order valence-electron chi connectivity index (χ1n) is 8.02. The minimum Gasteiger partial charge on any atom is -0.493 e. The number of hydrogen-bond acceptors (Lipinski definition) is 5. The number of ether oxygens (including phenoxy) is 3.